The molecule has 0 amide bonds. The first-order valence-electron chi connectivity index (χ1n) is 8.35. The van der Waals surface area contributed by atoms with Gasteiger partial charge in [-0.05, 0) is 12.1 Å². The molecule has 5 rings (SSSR count). The van der Waals surface area contributed by atoms with Gasteiger partial charge in [0, 0.05) is 56.5 Å². The predicted octanol–water partition coefficient (Wildman–Crippen LogP) is 1.00. The summed E-state index contributed by atoms with van der Waals surface area (Å²) in [5.74, 6) is 1.39. The molecule has 0 bridgehead atoms. The third kappa shape index (κ3) is 2.27. The Hall–Kier alpha value is -2.94. The molecule has 9 heteroatoms. The lowest BCUT2D eigenvalue weighted by Gasteiger charge is -2.36. The van der Waals surface area contributed by atoms with Gasteiger partial charge < -0.3 is 14.2 Å². The minimum absolute atomic E-state index is 0.293. The van der Waals surface area contributed by atoms with Crippen LogP contribution in [-0.4, -0.2) is 59.7 Å². The number of anilines is 1. The van der Waals surface area contributed by atoms with Gasteiger partial charge in [0.25, 0.3) is 10.0 Å². The molecule has 2 aromatic heterocycles. The van der Waals surface area contributed by atoms with E-state index in [0.29, 0.717) is 29.4 Å². The number of sulfonamides is 1. The van der Waals surface area contributed by atoms with Crippen LogP contribution in [0.5, 0.6) is 0 Å². The van der Waals surface area contributed by atoms with Crippen LogP contribution in [0.1, 0.15) is 5.56 Å². The number of aromatic nitrogens is 3. The molecule has 4 heterocycles. The van der Waals surface area contributed by atoms with Gasteiger partial charge in [-0.2, -0.15) is 8.42 Å². The normalized spacial score (nSPS) is 18.8. The third-order valence-corrected chi connectivity index (χ3v) is 6.11. The van der Waals surface area contributed by atoms with E-state index in [1.54, 1.807) is 24.5 Å². The van der Waals surface area contributed by atoms with Crippen molar-refractivity contribution in [2.75, 3.05) is 31.1 Å². The maximum Gasteiger partial charge on any atom is 0.285 e. The van der Waals surface area contributed by atoms with Crippen LogP contribution >= 0.6 is 0 Å². The molecule has 1 aromatic carbocycles. The molecule has 132 valence electrons. The first kappa shape index (κ1) is 15.3. The number of benzene rings is 1. The minimum Gasteiger partial charge on any atom is -0.352 e. The number of nitrogens with zero attached hydrogens (tertiary/aromatic N) is 6. The highest BCUT2D eigenvalue weighted by Gasteiger charge is 2.33. The molecule has 0 unspecified atom stereocenters. The summed E-state index contributed by atoms with van der Waals surface area (Å²) in [6.45, 7) is 2.79. The Kier molecular flexibility index (Phi) is 3.26. The molecule has 0 spiro atoms. The fraction of sp³-hybridized carbons (Fsp3) is 0.235. The molecule has 8 nitrogen and oxygen atoms in total. The van der Waals surface area contributed by atoms with Crippen molar-refractivity contribution >= 4 is 27.3 Å². The van der Waals surface area contributed by atoms with Gasteiger partial charge in [0.05, 0.1) is 0 Å². The van der Waals surface area contributed by atoms with Crippen molar-refractivity contribution in [2.24, 2.45) is 4.40 Å². The van der Waals surface area contributed by atoms with Crippen LogP contribution in [0.25, 0.3) is 5.65 Å². The zero-order valence-electron chi connectivity index (χ0n) is 13.9. The van der Waals surface area contributed by atoms with Gasteiger partial charge in [-0.25, -0.2) is 9.97 Å². The summed E-state index contributed by atoms with van der Waals surface area (Å²) in [5, 5.41) is 0. The van der Waals surface area contributed by atoms with E-state index in [-0.39, 0.29) is 0 Å². The van der Waals surface area contributed by atoms with Crippen molar-refractivity contribution in [3.05, 3.63) is 54.6 Å². The Bertz CT molecular complexity index is 1130. The highest BCUT2D eigenvalue weighted by Crippen LogP contribution is 2.28. The molecule has 3 aromatic rings. The van der Waals surface area contributed by atoms with Crippen LogP contribution in [0.15, 0.2) is 58.3 Å². The lowest BCUT2D eigenvalue weighted by Crippen LogP contribution is -2.49. The van der Waals surface area contributed by atoms with Crippen LogP contribution in [-0.2, 0) is 10.0 Å². The largest absolute Gasteiger partial charge is 0.352 e. The maximum atomic E-state index is 12.3. The molecule has 0 aliphatic carbocycles. The Morgan fingerprint density at radius 1 is 0.885 bits per heavy atom. The molecular formula is C17H16N6O2S. The smallest absolute Gasteiger partial charge is 0.285 e. The van der Waals surface area contributed by atoms with E-state index in [1.807, 2.05) is 33.8 Å². The number of rotatable bonds is 1. The van der Waals surface area contributed by atoms with Crippen molar-refractivity contribution in [1.82, 2.24) is 19.3 Å². The summed E-state index contributed by atoms with van der Waals surface area (Å²) >= 11 is 0. The van der Waals surface area contributed by atoms with E-state index < -0.39 is 10.0 Å². The molecule has 0 radical (unpaired) electrons. The lowest BCUT2D eigenvalue weighted by atomic mass is 10.1. The third-order valence-electron chi connectivity index (χ3n) is 4.78. The highest BCUT2D eigenvalue weighted by molar-refractivity contribution is 7.90. The molecule has 2 aliphatic rings. The quantitative estimate of drug-likeness (QED) is 0.637. The Morgan fingerprint density at radius 3 is 2.38 bits per heavy atom. The Morgan fingerprint density at radius 2 is 1.58 bits per heavy atom. The summed E-state index contributed by atoms with van der Waals surface area (Å²) in [5.41, 5.74) is 1.52. The van der Waals surface area contributed by atoms with Gasteiger partial charge in [0.15, 0.2) is 17.3 Å². The number of imidazole rings is 1. The zero-order chi connectivity index (χ0) is 17.7. The number of piperazine rings is 1. The van der Waals surface area contributed by atoms with E-state index in [0.717, 1.165) is 24.6 Å². The van der Waals surface area contributed by atoms with Gasteiger partial charge in [-0.15, -0.1) is 4.40 Å². The molecule has 1 saturated heterocycles. The number of hydrogen-bond donors (Lipinski definition) is 0. The summed E-state index contributed by atoms with van der Waals surface area (Å²) in [6, 6.07) is 7.00. The van der Waals surface area contributed by atoms with E-state index in [2.05, 4.69) is 19.3 Å². The first-order chi connectivity index (χ1) is 12.6. The van der Waals surface area contributed by atoms with Gasteiger partial charge in [-0.1, -0.05) is 12.1 Å². The average molecular weight is 368 g/mol. The maximum absolute atomic E-state index is 12.3. The Labute approximate surface area is 150 Å². The van der Waals surface area contributed by atoms with Crippen molar-refractivity contribution in [3.63, 3.8) is 0 Å². The van der Waals surface area contributed by atoms with Crippen LogP contribution in [0.4, 0.5) is 5.82 Å². The highest BCUT2D eigenvalue weighted by atomic mass is 32.2. The number of fused-ring (bicyclic) bond motifs is 2. The summed E-state index contributed by atoms with van der Waals surface area (Å²) in [6.07, 6.45) is 7.29. The van der Waals surface area contributed by atoms with Crippen molar-refractivity contribution < 1.29 is 8.42 Å². The summed E-state index contributed by atoms with van der Waals surface area (Å²) < 4.78 is 30.5. The average Bonchev–Trinajstić information content (AvgIpc) is 3.25. The first-order valence-corrected chi connectivity index (χ1v) is 9.79. The standard InChI is InChI=1S/C17H16N6O2S/c24-26(25)14-4-2-1-3-13(14)15(20-26)22-9-11-23(12-10-22)17-16-18-5-7-21(16)8-6-19-17/h1-8H,9-12H2. The van der Waals surface area contributed by atoms with Gasteiger partial charge in [0.1, 0.15) is 4.90 Å². The summed E-state index contributed by atoms with van der Waals surface area (Å²) in [4.78, 5) is 13.4. The van der Waals surface area contributed by atoms with Crippen molar-refractivity contribution in [2.45, 2.75) is 4.90 Å². The fourth-order valence-electron chi connectivity index (χ4n) is 3.51. The molecule has 2 aliphatic heterocycles. The van der Waals surface area contributed by atoms with E-state index >= 15 is 0 Å². The topological polar surface area (TPSA) is 83.2 Å². The van der Waals surface area contributed by atoms with Crippen molar-refractivity contribution in [1.29, 1.82) is 0 Å². The molecule has 26 heavy (non-hydrogen) atoms. The van der Waals surface area contributed by atoms with Crippen molar-refractivity contribution in [3.8, 4) is 0 Å². The van der Waals surface area contributed by atoms with Crippen LogP contribution in [0.3, 0.4) is 0 Å². The van der Waals surface area contributed by atoms with E-state index in [4.69, 9.17) is 0 Å². The van der Waals surface area contributed by atoms with Crippen LogP contribution < -0.4 is 4.90 Å². The second-order valence-electron chi connectivity index (χ2n) is 6.27. The van der Waals surface area contributed by atoms with E-state index in [1.165, 1.54) is 0 Å². The molecule has 0 saturated carbocycles. The van der Waals surface area contributed by atoms with Crippen LogP contribution in [0, 0.1) is 0 Å². The monoisotopic (exact) mass is 368 g/mol. The molecule has 0 N–H and O–H groups in total. The predicted molar refractivity (Wildman–Crippen MR) is 96.9 cm³/mol. The number of hydrogen-bond acceptors (Lipinski definition) is 6. The fourth-order valence-corrected chi connectivity index (χ4v) is 4.74. The second-order valence-corrected chi connectivity index (χ2v) is 7.84. The molecule has 1 fully saturated rings. The number of amidine groups is 1. The van der Waals surface area contributed by atoms with Gasteiger partial charge >= 0.3 is 0 Å². The van der Waals surface area contributed by atoms with Gasteiger partial charge in [0.2, 0.25) is 0 Å². The molecule has 0 atom stereocenters. The second kappa shape index (κ2) is 5.53. The summed E-state index contributed by atoms with van der Waals surface area (Å²) in [7, 11) is -3.58. The Balaban J connectivity index is 1.41. The van der Waals surface area contributed by atoms with Crippen LogP contribution in [0.2, 0.25) is 0 Å². The lowest BCUT2D eigenvalue weighted by molar-refractivity contribution is 0.386. The SMILES string of the molecule is O=S1(=O)N=C(N2CCN(c3nccn4ccnc34)CC2)c2ccccc21. The zero-order valence-corrected chi connectivity index (χ0v) is 14.7. The van der Waals surface area contributed by atoms with Gasteiger partial charge in [-0.3, -0.25) is 0 Å². The minimum atomic E-state index is -3.58. The van der Waals surface area contributed by atoms with E-state index in [9.17, 15) is 8.42 Å². The molecular weight excluding hydrogens is 352 g/mol.